The largest absolute Gasteiger partial charge is 0.497 e. The molecule has 0 aromatic heterocycles. The quantitative estimate of drug-likeness (QED) is 0.799. The van der Waals surface area contributed by atoms with E-state index in [0.29, 0.717) is 17.8 Å². The molecule has 0 saturated heterocycles. The van der Waals surface area contributed by atoms with Gasteiger partial charge < -0.3 is 9.47 Å². The van der Waals surface area contributed by atoms with E-state index in [1.807, 2.05) is 12.1 Å². The molecule has 0 heterocycles. The number of esters is 1. The standard InChI is InChI=1S/C18H20O3/c1-20-13-7-5-10(6-8-13)14-15-11-3-4-12(9-11)16(15)17(14)18(19)21-2/h5-8,11-12,15-16H,3-4,9H2,1-2H3. The third-order valence-corrected chi connectivity index (χ3v) is 5.68. The van der Waals surface area contributed by atoms with E-state index in [9.17, 15) is 4.79 Å². The molecule has 1 aromatic carbocycles. The summed E-state index contributed by atoms with van der Waals surface area (Å²) in [6.45, 7) is 0. The maximum atomic E-state index is 12.2. The molecular formula is C18H20O3. The highest BCUT2D eigenvalue weighted by Gasteiger charge is 2.58. The molecule has 0 spiro atoms. The third-order valence-electron chi connectivity index (χ3n) is 5.68. The van der Waals surface area contributed by atoms with E-state index in [1.165, 1.54) is 31.9 Å². The minimum absolute atomic E-state index is 0.130. The maximum Gasteiger partial charge on any atom is 0.334 e. The van der Waals surface area contributed by atoms with Gasteiger partial charge in [0.1, 0.15) is 5.75 Å². The maximum absolute atomic E-state index is 12.2. The van der Waals surface area contributed by atoms with Crippen LogP contribution in [0, 0.1) is 23.7 Å². The van der Waals surface area contributed by atoms with Crippen LogP contribution in [-0.2, 0) is 9.53 Å². The summed E-state index contributed by atoms with van der Waals surface area (Å²) in [5, 5.41) is 0. The minimum Gasteiger partial charge on any atom is -0.497 e. The van der Waals surface area contributed by atoms with Gasteiger partial charge in [-0.3, -0.25) is 0 Å². The molecule has 3 aliphatic carbocycles. The van der Waals surface area contributed by atoms with Crippen LogP contribution < -0.4 is 4.74 Å². The zero-order valence-electron chi connectivity index (χ0n) is 12.5. The third kappa shape index (κ3) is 1.69. The number of hydrogen-bond donors (Lipinski definition) is 0. The molecule has 3 nitrogen and oxygen atoms in total. The van der Waals surface area contributed by atoms with Crippen molar-refractivity contribution in [2.45, 2.75) is 19.3 Å². The molecule has 2 fully saturated rings. The van der Waals surface area contributed by atoms with E-state index in [0.717, 1.165) is 22.8 Å². The van der Waals surface area contributed by atoms with E-state index >= 15 is 0 Å². The second-order valence-corrected chi connectivity index (χ2v) is 6.43. The molecule has 2 bridgehead atoms. The molecule has 4 unspecified atom stereocenters. The number of ether oxygens (including phenoxy) is 2. The first-order chi connectivity index (χ1) is 10.2. The van der Waals surface area contributed by atoms with Crippen LogP contribution in [-0.4, -0.2) is 20.2 Å². The molecule has 3 heteroatoms. The fourth-order valence-electron chi connectivity index (χ4n) is 4.86. The van der Waals surface area contributed by atoms with E-state index in [-0.39, 0.29) is 5.97 Å². The van der Waals surface area contributed by atoms with Gasteiger partial charge >= 0.3 is 5.97 Å². The Morgan fingerprint density at radius 3 is 2.33 bits per heavy atom. The van der Waals surface area contributed by atoms with E-state index in [2.05, 4.69) is 12.1 Å². The molecule has 21 heavy (non-hydrogen) atoms. The minimum atomic E-state index is -0.130. The number of fused-ring (bicyclic) bond motifs is 5. The van der Waals surface area contributed by atoms with Crippen LogP contribution in [0.2, 0.25) is 0 Å². The first-order valence-corrected chi connectivity index (χ1v) is 7.71. The van der Waals surface area contributed by atoms with Crippen molar-refractivity contribution in [2.24, 2.45) is 23.7 Å². The van der Waals surface area contributed by atoms with Gasteiger partial charge in [0.25, 0.3) is 0 Å². The molecule has 2 saturated carbocycles. The summed E-state index contributed by atoms with van der Waals surface area (Å²) < 4.78 is 10.3. The van der Waals surface area contributed by atoms with Gasteiger partial charge in [-0.1, -0.05) is 12.1 Å². The second-order valence-electron chi connectivity index (χ2n) is 6.43. The molecule has 0 aliphatic heterocycles. The van der Waals surface area contributed by atoms with Crippen LogP contribution >= 0.6 is 0 Å². The first kappa shape index (κ1) is 12.9. The monoisotopic (exact) mass is 284 g/mol. The number of methoxy groups -OCH3 is 2. The van der Waals surface area contributed by atoms with Crippen LogP contribution in [0.25, 0.3) is 5.57 Å². The average molecular weight is 284 g/mol. The van der Waals surface area contributed by atoms with Crippen LogP contribution in [0.3, 0.4) is 0 Å². The van der Waals surface area contributed by atoms with Crippen molar-refractivity contribution >= 4 is 11.5 Å². The van der Waals surface area contributed by atoms with Crippen molar-refractivity contribution in [1.82, 2.24) is 0 Å². The van der Waals surface area contributed by atoms with Crippen molar-refractivity contribution in [3.63, 3.8) is 0 Å². The SMILES string of the molecule is COC(=O)C1=C(c2ccc(OC)cc2)C2C3CCC(C3)C12. The Labute approximate surface area is 124 Å². The van der Waals surface area contributed by atoms with Crippen molar-refractivity contribution in [1.29, 1.82) is 0 Å². The van der Waals surface area contributed by atoms with Crippen molar-refractivity contribution in [2.75, 3.05) is 14.2 Å². The number of benzene rings is 1. The predicted octanol–water partition coefficient (Wildman–Crippen LogP) is 3.30. The van der Waals surface area contributed by atoms with Gasteiger partial charge in [0.05, 0.1) is 14.2 Å². The van der Waals surface area contributed by atoms with Crippen LogP contribution in [0.4, 0.5) is 0 Å². The molecule has 1 aromatic rings. The van der Waals surface area contributed by atoms with Gasteiger partial charge in [-0.15, -0.1) is 0 Å². The molecular weight excluding hydrogens is 264 g/mol. The summed E-state index contributed by atoms with van der Waals surface area (Å²) in [7, 11) is 3.16. The smallest absolute Gasteiger partial charge is 0.334 e. The van der Waals surface area contributed by atoms with Gasteiger partial charge in [0, 0.05) is 11.5 Å². The Balaban J connectivity index is 1.77. The molecule has 4 rings (SSSR count). The van der Waals surface area contributed by atoms with Crippen LogP contribution in [0.15, 0.2) is 29.8 Å². The molecule has 4 atom stereocenters. The molecule has 110 valence electrons. The predicted molar refractivity (Wildman–Crippen MR) is 79.7 cm³/mol. The summed E-state index contributed by atoms with van der Waals surface area (Å²) >= 11 is 0. The van der Waals surface area contributed by atoms with Gasteiger partial charge in [-0.05, 0) is 60.3 Å². The molecule has 0 radical (unpaired) electrons. The fourth-order valence-corrected chi connectivity index (χ4v) is 4.86. The van der Waals surface area contributed by atoms with Crippen molar-refractivity contribution < 1.29 is 14.3 Å². The van der Waals surface area contributed by atoms with Gasteiger partial charge in [0.2, 0.25) is 0 Å². The highest BCUT2D eigenvalue weighted by molar-refractivity contribution is 6.03. The zero-order valence-corrected chi connectivity index (χ0v) is 12.5. The summed E-state index contributed by atoms with van der Waals surface area (Å²) in [5.74, 6) is 3.22. The summed E-state index contributed by atoms with van der Waals surface area (Å²) in [5.41, 5.74) is 3.34. The number of hydrogen-bond acceptors (Lipinski definition) is 3. The lowest BCUT2D eigenvalue weighted by molar-refractivity contribution is -0.137. The fraction of sp³-hybridized carbons (Fsp3) is 0.500. The zero-order chi connectivity index (χ0) is 14.6. The summed E-state index contributed by atoms with van der Waals surface area (Å²) in [4.78, 5) is 12.2. The number of carbonyl (C=O) groups is 1. The molecule has 3 aliphatic rings. The Morgan fingerprint density at radius 2 is 1.71 bits per heavy atom. The summed E-state index contributed by atoms with van der Waals surface area (Å²) in [6.07, 6.45) is 3.89. The average Bonchev–Trinajstić information content (AvgIpc) is 3.06. The van der Waals surface area contributed by atoms with E-state index in [1.54, 1.807) is 7.11 Å². The lowest BCUT2D eigenvalue weighted by Gasteiger charge is -2.44. The molecule has 0 N–H and O–H groups in total. The van der Waals surface area contributed by atoms with Crippen molar-refractivity contribution in [3.05, 3.63) is 35.4 Å². The van der Waals surface area contributed by atoms with E-state index < -0.39 is 0 Å². The van der Waals surface area contributed by atoms with Gasteiger partial charge in [-0.25, -0.2) is 4.79 Å². The highest BCUT2D eigenvalue weighted by Crippen LogP contribution is 2.66. The lowest BCUT2D eigenvalue weighted by Crippen LogP contribution is -2.38. The summed E-state index contributed by atoms with van der Waals surface area (Å²) in [6, 6.07) is 8.08. The topological polar surface area (TPSA) is 35.5 Å². The lowest BCUT2D eigenvalue weighted by atomic mass is 9.59. The van der Waals surface area contributed by atoms with E-state index in [4.69, 9.17) is 9.47 Å². The first-order valence-electron chi connectivity index (χ1n) is 7.71. The van der Waals surface area contributed by atoms with Crippen LogP contribution in [0.5, 0.6) is 5.75 Å². The number of rotatable bonds is 3. The second kappa shape index (κ2) is 4.62. The highest BCUT2D eigenvalue weighted by atomic mass is 16.5. The normalized spacial score (nSPS) is 32.7. The number of carbonyl (C=O) groups excluding carboxylic acids is 1. The number of allylic oxidation sites excluding steroid dienone is 1. The Bertz CT molecular complexity index is 614. The molecule has 0 amide bonds. The van der Waals surface area contributed by atoms with Gasteiger partial charge in [-0.2, -0.15) is 0 Å². The Hall–Kier alpha value is -1.77. The Kier molecular flexibility index (Phi) is 2.84. The Morgan fingerprint density at radius 1 is 1.05 bits per heavy atom. The van der Waals surface area contributed by atoms with Gasteiger partial charge in [0.15, 0.2) is 0 Å². The van der Waals surface area contributed by atoms with Crippen molar-refractivity contribution in [3.8, 4) is 5.75 Å². The van der Waals surface area contributed by atoms with Crippen LogP contribution in [0.1, 0.15) is 24.8 Å².